The van der Waals surface area contributed by atoms with Crippen LogP contribution < -0.4 is 20.7 Å². The third-order valence-corrected chi connectivity index (χ3v) is 5.55. The van der Waals surface area contributed by atoms with Gasteiger partial charge in [-0.3, -0.25) is 9.59 Å². The highest BCUT2D eigenvalue weighted by molar-refractivity contribution is 5.97. The quantitative estimate of drug-likeness (QED) is 0.631. The van der Waals surface area contributed by atoms with Crippen LogP contribution >= 0.6 is 0 Å². The standard InChI is InChI=1S/C20H27N3O4/c24-19-16-6-1-2-7-18(16)26-9-8-14-4-3-5-15(27-14)12-22-20(25)17-10-13(23-19)11-21-17/h1-2,6-7,13-15,17,21H,3-5,8-12H2,(H,22,25)(H,23,24)/t13-,14-,15-,17-/m0/s1. The Morgan fingerprint density at radius 3 is 2.78 bits per heavy atom. The molecule has 1 aromatic carbocycles. The maximum absolute atomic E-state index is 12.7. The summed E-state index contributed by atoms with van der Waals surface area (Å²) in [5.41, 5.74) is 0.528. The molecular weight excluding hydrogens is 346 g/mol. The SMILES string of the molecule is O=C1N[C@@H]2CN[C@@H](C2)C(=O)NC[C@@H]2CCC[C@@H](CCOc3ccccc31)O2. The average molecular weight is 373 g/mol. The highest BCUT2D eigenvalue weighted by Gasteiger charge is 2.32. The molecule has 1 aromatic rings. The van der Waals surface area contributed by atoms with Crippen molar-refractivity contribution >= 4 is 11.8 Å². The van der Waals surface area contributed by atoms with Crippen LogP contribution in [0.5, 0.6) is 5.75 Å². The minimum Gasteiger partial charge on any atom is -0.493 e. The number of nitrogens with one attached hydrogen (secondary N) is 3. The van der Waals surface area contributed by atoms with E-state index in [-0.39, 0.29) is 36.1 Å². The van der Waals surface area contributed by atoms with E-state index in [9.17, 15) is 9.59 Å². The van der Waals surface area contributed by atoms with Crippen molar-refractivity contribution in [2.24, 2.45) is 0 Å². The number of benzene rings is 1. The van der Waals surface area contributed by atoms with Crippen LogP contribution in [0.15, 0.2) is 24.3 Å². The number of hydrogen-bond donors (Lipinski definition) is 3. The van der Waals surface area contributed by atoms with Gasteiger partial charge in [0.15, 0.2) is 0 Å². The lowest BCUT2D eigenvalue weighted by Crippen LogP contribution is -2.45. The Balaban J connectivity index is 1.52. The summed E-state index contributed by atoms with van der Waals surface area (Å²) >= 11 is 0. The lowest BCUT2D eigenvalue weighted by atomic mass is 10.0. The van der Waals surface area contributed by atoms with Crippen molar-refractivity contribution in [1.29, 1.82) is 0 Å². The molecule has 0 unspecified atom stereocenters. The molecule has 146 valence electrons. The molecule has 3 aliphatic rings. The number of ether oxygens (including phenoxy) is 2. The van der Waals surface area contributed by atoms with E-state index in [1.807, 2.05) is 18.2 Å². The summed E-state index contributed by atoms with van der Waals surface area (Å²) < 4.78 is 12.0. The average Bonchev–Trinajstić information content (AvgIpc) is 3.15. The van der Waals surface area contributed by atoms with Gasteiger partial charge in [-0.25, -0.2) is 0 Å². The van der Waals surface area contributed by atoms with Crippen LogP contribution in [0.3, 0.4) is 0 Å². The Hall–Kier alpha value is -2.12. The predicted molar refractivity (Wildman–Crippen MR) is 99.7 cm³/mol. The molecule has 3 heterocycles. The fourth-order valence-electron chi connectivity index (χ4n) is 4.07. The van der Waals surface area contributed by atoms with Gasteiger partial charge in [-0.05, 0) is 37.8 Å². The molecule has 4 rings (SSSR count). The van der Waals surface area contributed by atoms with Gasteiger partial charge in [0.1, 0.15) is 5.75 Å². The summed E-state index contributed by atoms with van der Waals surface area (Å²) in [6.07, 6.45) is 4.60. The molecule has 7 heteroatoms. The van der Waals surface area contributed by atoms with Crippen molar-refractivity contribution in [3.8, 4) is 5.75 Å². The van der Waals surface area contributed by atoms with Crippen molar-refractivity contribution in [3.05, 3.63) is 29.8 Å². The molecule has 27 heavy (non-hydrogen) atoms. The Morgan fingerprint density at radius 2 is 1.85 bits per heavy atom. The summed E-state index contributed by atoms with van der Waals surface area (Å²) in [6.45, 7) is 1.62. The summed E-state index contributed by atoms with van der Waals surface area (Å²) in [5.74, 6) is 0.405. The fourth-order valence-corrected chi connectivity index (χ4v) is 4.07. The molecule has 3 N–H and O–H groups in total. The van der Waals surface area contributed by atoms with Crippen LogP contribution in [0.25, 0.3) is 0 Å². The van der Waals surface area contributed by atoms with Gasteiger partial charge in [-0.1, -0.05) is 12.1 Å². The smallest absolute Gasteiger partial charge is 0.255 e. The zero-order valence-corrected chi connectivity index (χ0v) is 15.4. The van der Waals surface area contributed by atoms with Crippen molar-refractivity contribution in [2.45, 2.75) is 56.4 Å². The van der Waals surface area contributed by atoms with Crippen LogP contribution in [0.1, 0.15) is 42.5 Å². The molecule has 0 radical (unpaired) electrons. The van der Waals surface area contributed by atoms with Gasteiger partial charge in [-0.15, -0.1) is 0 Å². The molecule has 4 bridgehead atoms. The van der Waals surface area contributed by atoms with E-state index in [1.54, 1.807) is 6.07 Å². The first kappa shape index (κ1) is 18.3. The molecule has 7 nitrogen and oxygen atoms in total. The van der Waals surface area contributed by atoms with Crippen molar-refractivity contribution in [2.75, 3.05) is 19.7 Å². The topological polar surface area (TPSA) is 88.7 Å². The molecule has 2 saturated heterocycles. The first-order chi connectivity index (χ1) is 13.2. The van der Waals surface area contributed by atoms with Crippen molar-refractivity contribution in [3.63, 3.8) is 0 Å². The van der Waals surface area contributed by atoms with Crippen LogP contribution in [0, 0.1) is 0 Å². The molecule has 2 fully saturated rings. The zero-order chi connectivity index (χ0) is 18.6. The minimum absolute atomic E-state index is 0.0201. The molecule has 4 atom stereocenters. The van der Waals surface area contributed by atoms with Gasteiger partial charge in [0.05, 0.1) is 30.4 Å². The van der Waals surface area contributed by atoms with Gasteiger partial charge in [-0.2, -0.15) is 0 Å². The first-order valence-corrected chi connectivity index (χ1v) is 9.88. The fraction of sp³-hybridized carbons (Fsp3) is 0.600. The predicted octanol–water partition coefficient (Wildman–Crippen LogP) is 0.983. The number of para-hydroxylation sites is 1. The second-order valence-corrected chi connectivity index (χ2v) is 7.56. The monoisotopic (exact) mass is 373 g/mol. The number of amides is 2. The molecule has 0 aliphatic carbocycles. The number of rotatable bonds is 0. The Kier molecular flexibility index (Phi) is 5.59. The van der Waals surface area contributed by atoms with Crippen molar-refractivity contribution < 1.29 is 19.1 Å². The van der Waals surface area contributed by atoms with E-state index >= 15 is 0 Å². The van der Waals surface area contributed by atoms with Gasteiger partial charge in [0.25, 0.3) is 5.91 Å². The van der Waals surface area contributed by atoms with Crippen molar-refractivity contribution in [1.82, 2.24) is 16.0 Å². The third-order valence-electron chi connectivity index (χ3n) is 5.55. The number of hydrogen-bond acceptors (Lipinski definition) is 5. The molecular formula is C20H27N3O4. The van der Waals surface area contributed by atoms with E-state index in [2.05, 4.69) is 16.0 Å². The molecule has 0 saturated carbocycles. The number of carbonyl (C=O) groups is 2. The second-order valence-electron chi connectivity index (χ2n) is 7.56. The maximum Gasteiger partial charge on any atom is 0.255 e. The maximum atomic E-state index is 12.7. The lowest BCUT2D eigenvalue weighted by molar-refractivity contribution is -0.124. The van der Waals surface area contributed by atoms with E-state index in [4.69, 9.17) is 9.47 Å². The molecule has 3 aliphatic heterocycles. The summed E-state index contributed by atoms with van der Waals surface area (Å²) in [7, 11) is 0. The summed E-state index contributed by atoms with van der Waals surface area (Å²) in [5, 5.41) is 9.23. The highest BCUT2D eigenvalue weighted by Crippen LogP contribution is 2.23. The van der Waals surface area contributed by atoms with Gasteiger partial charge in [0.2, 0.25) is 5.91 Å². The largest absolute Gasteiger partial charge is 0.493 e. The Bertz CT molecular complexity index is 696. The minimum atomic E-state index is -0.283. The van der Waals surface area contributed by atoms with Crippen LogP contribution in [0.4, 0.5) is 0 Å². The lowest BCUT2D eigenvalue weighted by Gasteiger charge is -2.30. The normalized spacial score (nSPS) is 32.0. The van der Waals surface area contributed by atoms with E-state index in [0.717, 1.165) is 25.7 Å². The van der Waals surface area contributed by atoms with E-state index in [0.29, 0.717) is 37.4 Å². The van der Waals surface area contributed by atoms with E-state index < -0.39 is 0 Å². The van der Waals surface area contributed by atoms with E-state index in [1.165, 1.54) is 0 Å². The van der Waals surface area contributed by atoms with Gasteiger partial charge in [0, 0.05) is 25.6 Å². The van der Waals surface area contributed by atoms with Crippen LogP contribution in [-0.4, -0.2) is 55.8 Å². The van der Waals surface area contributed by atoms with Gasteiger partial charge < -0.3 is 25.4 Å². The second kappa shape index (κ2) is 8.27. The summed E-state index contributed by atoms with van der Waals surface area (Å²) in [4.78, 5) is 25.1. The Morgan fingerprint density at radius 1 is 1.00 bits per heavy atom. The number of carbonyl (C=O) groups excluding carboxylic acids is 2. The molecule has 0 spiro atoms. The third kappa shape index (κ3) is 4.42. The molecule has 0 aromatic heterocycles. The Labute approximate surface area is 159 Å². The highest BCUT2D eigenvalue weighted by atomic mass is 16.5. The summed E-state index contributed by atoms with van der Waals surface area (Å²) in [6, 6.07) is 6.94. The first-order valence-electron chi connectivity index (χ1n) is 9.88. The zero-order valence-electron chi connectivity index (χ0n) is 15.4. The molecule has 2 amide bonds. The van der Waals surface area contributed by atoms with Crippen LogP contribution in [0.2, 0.25) is 0 Å². The van der Waals surface area contributed by atoms with Crippen LogP contribution in [-0.2, 0) is 9.53 Å². The van der Waals surface area contributed by atoms with Gasteiger partial charge >= 0.3 is 0 Å². The number of fused-ring (bicyclic) bond motifs is 5.